The van der Waals surface area contributed by atoms with Crippen LogP contribution in [0.5, 0.6) is 0 Å². The second-order valence-electron chi connectivity index (χ2n) is 3.31. The standard InChI is InChI=1S/C11H12FN3/c12-10-3-1-9(2-4-10)5-13-6-11-7-14-8-15-11/h1-4,7-8,13H,5-6H2,(H,14,15). The summed E-state index contributed by atoms with van der Waals surface area (Å²) < 4.78 is 12.6. The van der Waals surface area contributed by atoms with Gasteiger partial charge < -0.3 is 10.3 Å². The smallest absolute Gasteiger partial charge is 0.123 e. The van der Waals surface area contributed by atoms with Crippen molar-refractivity contribution in [1.82, 2.24) is 15.3 Å². The predicted molar refractivity (Wildman–Crippen MR) is 55.5 cm³/mol. The van der Waals surface area contributed by atoms with Crippen LogP contribution in [0.1, 0.15) is 11.3 Å². The number of nitrogens with one attached hydrogen (secondary N) is 2. The number of hydrogen-bond donors (Lipinski definition) is 2. The van der Waals surface area contributed by atoms with Crippen molar-refractivity contribution in [1.29, 1.82) is 0 Å². The maximum atomic E-state index is 12.6. The summed E-state index contributed by atoms with van der Waals surface area (Å²) in [5.41, 5.74) is 2.10. The molecule has 0 bridgehead atoms. The van der Waals surface area contributed by atoms with Gasteiger partial charge in [0, 0.05) is 25.0 Å². The Labute approximate surface area is 87.4 Å². The van der Waals surface area contributed by atoms with Crippen LogP contribution in [0.2, 0.25) is 0 Å². The number of halogens is 1. The molecule has 0 radical (unpaired) electrons. The Balaban J connectivity index is 1.81. The molecule has 0 fully saturated rings. The normalized spacial score (nSPS) is 10.5. The maximum absolute atomic E-state index is 12.6. The molecule has 4 heteroatoms. The van der Waals surface area contributed by atoms with Crippen LogP contribution in [0, 0.1) is 5.82 Å². The number of benzene rings is 1. The van der Waals surface area contributed by atoms with Gasteiger partial charge in [-0.05, 0) is 17.7 Å². The fourth-order valence-corrected chi connectivity index (χ4v) is 1.33. The monoisotopic (exact) mass is 205 g/mol. The van der Waals surface area contributed by atoms with Crippen LogP contribution < -0.4 is 5.32 Å². The van der Waals surface area contributed by atoms with Crippen molar-refractivity contribution in [2.24, 2.45) is 0 Å². The highest BCUT2D eigenvalue weighted by molar-refractivity contribution is 5.15. The Bertz CT molecular complexity index is 394. The molecular weight excluding hydrogens is 193 g/mol. The summed E-state index contributed by atoms with van der Waals surface area (Å²) in [6.07, 6.45) is 3.42. The lowest BCUT2D eigenvalue weighted by molar-refractivity contribution is 0.624. The van der Waals surface area contributed by atoms with Gasteiger partial charge in [0.05, 0.1) is 6.33 Å². The van der Waals surface area contributed by atoms with Gasteiger partial charge >= 0.3 is 0 Å². The SMILES string of the molecule is Fc1ccc(CNCc2cnc[nH]2)cc1. The molecule has 0 aliphatic heterocycles. The first-order valence-corrected chi connectivity index (χ1v) is 4.77. The third-order valence-electron chi connectivity index (χ3n) is 2.11. The Morgan fingerprint density at radius 1 is 1.20 bits per heavy atom. The molecule has 15 heavy (non-hydrogen) atoms. The minimum atomic E-state index is -0.202. The van der Waals surface area contributed by atoms with Crippen molar-refractivity contribution in [2.75, 3.05) is 0 Å². The first-order valence-electron chi connectivity index (χ1n) is 4.77. The van der Waals surface area contributed by atoms with Crippen LogP contribution in [0.15, 0.2) is 36.8 Å². The quantitative estimate of drug-likeness (QED) is 0.799. The van der Waals surface area contributed by atoms with Crippen molar-refractivity contribution in [3.63, 3.8) is 0 Å². The fraction of sp³-hybridized carbons (Fsp3) is 0.182. The average molecular weight is 205 g/mol. The molecule has 2 N–H and O–H groups in total. The molecule has 3 nitrogen and oxygen atoms in total. The van der Waals surface area contributed by atoms with E-state index < -0.39 is 0 Å². The lowest BCUT2D eigenvalue weighted by Crippen LogP contribution is -2.12. The van der Waals surface area contributed by atoms with E-state index in [2.05, 4.69) is 15.3 Å². The topological polar surface area (TPSA) is 40.7 Å². The van der Waals surface area contributed by atoms with Gasteiger partial charge in [0.15, 0.2) is 0 Å². The van der Waals surface area contributed by atoms with Gasteiger partial charge in [0.2, 0.25) is 0 Å². The molecule has 0 spiro atoms. The van der Waals surface area contributed by atoms with Gasteiger partial charge in [0.25, 0.3) is 0 Å². The van der Waals surface area contributed by atoms with Crippen molar-refractivity contribution in [3.8, 4) is 0 Å². The number of hydrogen-bond acceptors (Lipinski definition) is 2. The third kappa shape index (κ3) is 2.89. The van der Waals surface area contributed by atoms with E-state index in [1.165, 1.54) is 12.1 Å². The van der Waals surface area contributed by atoms with Gasteiger partial charge in [-0.25, -0.2) is 9.37 Å². The molecule has 0 aliphatic carbocycles. The van der Waals surface area contributed by atoms with Crippen molar-refractivity contribution < 1.29 is 4.39 Å². The highest BCUT2D eigenvalue weighted by Crippen LogP contribution is 2.02. The Morgan fingerprint density at radius 2 is 2.00 bits per heavy atom. The number of imidazole rings is 1. The van der Waals surface area contributed by atoms with Crippen LogP contribution in [0.3, 0.4) is 0 Å². The zero-order valence-corrected chi connectivity index (χ0v) is 8.20. The first kappa shape index (κ1) is 9.86. The van der Waals surface area contributed by atoms with Crippen molar-refractivity contribution in [3.05, 3.63) is 53.9 Å². The first-order chi connectivity index (χ1) is 7.34. The molecule has 0 saturated heterocycles. The summed E-state index contributed by atoms with van der Waals surface area (Å²) in [5, 5.41) is 3.23. The molecule has 1 aromatic heterocycles. The molecule has 78 valence electrons. The van der Waals surface area contributed by atoms with E-state index in [9.17, 15) is 4.39 Å². The second-order valence-corrected chi connectivity index (χ2v) is 3.31. The molecule has 0 unspecified atom stereocenters. The summed E-state index contributed by atoms with van der Waals surface area (Å²) in [6.45, 7) is 1.46. The van der Waals surface area contributed by atoms with Gasteiger partial charge in [-0.3, -0.25) is 0 Å². The molecule has 1 heterocycles. The lowest BCUT2D eigenvalue weighted by atomic mass is 10.2. The van der Waals surface area contributed by atoms with E-state index in [-0.39, 0.29) is 5.82 Å². The summed E-state index contributed by atoms with van der Waals surface area (Å²) in [4.78, 5) is 6.91. The molecular formula is C11H12FN3. The highest BCUT2D eigenvalue weighted by Gasteiger charge is 1.95. The molecule has 0 atom stereocenters. The van der Waals surface area contributed by atoms with E-state index in [0.29, 0.717) is 0 Å². The summed E-state index contributed by atoms with van der Waals surface area (Å²) >= 11 is 0. The summed E-state index contributed by atoms with van der Waals surface area (Å²) in [7, 11) is 0. The van der Waals surface area contributed by atoms with Crippen LogP contribution in [0.25, 0.3) is 0 Å². The van der Waals surface area contributed by atoms with E-state index in [0.717, 1.165) is 24.3 Å². The Kier molecular flexibility index (Phi) is 3.09. The van der Waals surface area contributed by atoms with Crippen LogP contribution in [0.4, 0.5) is 4.39 Å². The van der Waals surface area contributed by atoms with Crippen molar-refractivity contribution in [2.45, 2.75) is 13.1 Å². The lowest BCUT2D eigenvalue weighted by Gasteiger charge is -2.02. The number of H-pyrrole nitrogens is 1. The van der Waals surface area contributed by atoms with Gasteiger partial charge in [-0.2, -0.15) is 0 Å². The molecule has 2 aromatic rings. The van der Waals surface area contributed by atoms with Crippen molar-refractivity contribution >= 4 is 0 Å². The molecule has 2 rings (SSSR count). The van der Waals surface area contributed by atoms with E-state index >= 15 is 0 Å². The van der Waals surface area contributed by atoms with Crippen LogP contribution >= 0.6 is 0 Å². The number of aromatic amines is 1. The number of aromatic nitrogens is 2. The van der Waals surface area contributed by atoms with E-state index in [1.807, 2.05) is 0 Å². The van der Waals surface area contributed by atoms with Crippen LogP contribution in [-0.4, -0.2) is 9.97 Å². The maximum Gasteiger partial charge on any atom is 0.123 e. The van der Waals surface area contributed by atoms with E-state index in [1.54, 1.807) is 24.7 Å². The van der Waals surface area contributed by atoms with Gasteiger partial charge in [0.1, 0.15) is 5.82 Å². The van der Waals surface area contributed by atoms with Gasteiger partial charge in [-0.15, -0.1) is 0 Å². The molecule has 1 aromatic carbocycles. The zero-order valence-electron chi connectivity index (χ0n) is 8.20. The zero-order chi connectivity index (χ0) is 10.5. The summed E-state index contributed by atoms with van der Waals surface area (Å²) in [6, 6.07) is 6.48. The molecule has 0 amide bonds. The van der Waals surface area contributed by atoms with Gasteiger partial charge in [-0.1, -0.05) is 12.1 Å². The number of nitrogens with zero attached hydrogens (tertiary/aromatic N) is 1. The second kappa shape index (κ2) is 4.70. The predicted octanol–water partition coefficient (Wildman–Crippen LogP) is 1.84. The van der Waals surface area contributed by atoms with Crippen LogP contribution in [-0.2, 0) is 13.1 Å². The molecule has 0 aliphatic rings. The molecule has 0 saturated carbocycles. The fourth-order valence-electron chi connectivity index (χ4n) is 1.33. The largest absolute Gasteiger partial charge is 0.347 e. The minimum absolute atomic E-state index is 0.202. The van der Waals surface area contributed by atoms with E-state index in [4.69, 9.17) is 0 Å². The summed E-state index contributed by atoms with van der Waals surface area (Å²) in [5.74, 6) is -0.202. The minimum Gasteiger partial charge on any atom is -0.347 e. The highest BCUT2D eigenvalue weighted by atomic mass is 19.1. The Morgan fingerprint density at radius 3 is 2.67 bits per heavy atom. The average Bonchev–Trinajstić information content (AvgIpc) is 2.74. The third-order valence-corrected chi connectivity index (χ3v) is 2.11. The Hall–Kier alpha value is -1.68. The number of rotatable bonds is 4.